The van der Waals surface area contributed by atoms with Crippen LogP contribution >= 0.6 is 0 Å². The van der Waals surface area contributed by atoms with Gasteiger partial charge in [0.15, 0.2) is 0 Å². The number of carbonyl (C=O) groups is 2. The quantitative estimate of drug-likeness (QED) is 0.722. The molecule has 0 saturated heterocycles. The normalized spacial score (nSPS) is 25.1. The number of amides is 2. The van der Waals surface area contributed by atoms with Crippen molar-refractivity contribution in [3.05, 3.63) is 23.8 Å². The van der Waals surface area contributed by atoms with Crippen molar-refractivity contribution in [2.45, 2.75) is 32.8 Å². The molecule has 0 radical (unpaired) electrons. The number of nitrogens with one attached hydrogen (secondary N) is 2. The minimum absolute atomic E-state index is 0.170. The van der Waals surface area contributed by atoms with E-state index in [1.54, 1.807) is 18.2 Å². The number of benzene rings is 1. The fourth-order valence-corrected chi connectivity index (χ4v) is 2.77. The van der Waals surface area contributed by atoms with Gasteiger partial charge in [-0.3, -0.25) is 9.59 Å². The van der Waals surface area contributed by atoms with Crippen LogP contribution in [0.5, 0.6) is 0 Å². The molecule has 1 heterocycles. The lowest BCUT2D eigenvalue weighted by Gasteiger charge is -2.15. The van der Waals surface area contributed by atoms with Crippen molar-refractivity contribution in [2.24, 2.45) is 11.3 Å². The summed E-state index contributed by atoms with van der Waals surface area (Å²) >= 11 is 0. The maximum atomic E-state index is 11.6. The van der Waals surface area contributed by atoms with Crippen molar-refractivity contribution in [1.29, 1.82) is 0 Å². The van der Waals surface area contributed by atoms with Gasteiger partial charge in [0.2, 0.25) is 11.8 Å². The largest absolute Gasteiger partial charge is 0.388 e. The predicted molar refractivity (Wildman–Crippen MR) is 75.2 cm³/mol. The van der Waals surface area contributed by atoms with E-state index in [4.69, 9.17) is 0 Å². The molecule has 1 saturated carbocycles. The highest BCUT2D eigenvalue weighted by atomic mass is 16.3. The van der Waals surface area contributed by atoms with Crippen molar-refractivity contribution in [3.63, 3.8) is 0 Å². The van der Waals surface area contributed by atoms with Gasteiger partial charge in [0.1, 0.15) is 6.42 Å². The zero-order chi connectivity index (χ0) is 14.5. The Balaban J connectivity index is 1.89. The summed E-state index contributed by atoms with van der Waals surface area (Å²) in [4.78, 5) is 23.0. The minimum Gasteiger partial charge on any atom is -0.388 e. The molecule has 0 aromatic heterocycles. The molecule has 2 amide bonds. The van der Waals surface area contributed by atoms with Crippen LogP contribution in [0.3, 0.4) is 0 Å². The molecule has 1 aliphatic carbocycles. The minimum atomic E-state index is -0.536. The van der Waals surface area contributed by atoms with Gasteiger partial charge in [-0.25, -0.2) is 0 Å². The monoisotopic (exact) mass is 274 g/mol. The third kappa shape index (κ3) is 2.29. The van der Waals surface area contributed by atoms with Crippen molar-refractivity contribution in [3.8, 4) is 0 Å². The highest BCUT2D eigenvalue weighted by Crippen LogP contribution is 2.57. The summed E-state index contributed by atoms with van der Waals surface area (Å²) in [5, 5.41) is 15.8. The van der Waals surface area contributed by atoms with Crippen LogP contribution in [0.1, 0.15) is 38.4 Å². The van der Waals surface area contributed by atoms with Crippen LogP contribution in [0, 0.1) is 11.3 Å². The third-order valence-electron chi connectivity index (χ3n) is 4.23. The van der Waals surface area contributed by atoms with Gasteiger partial charge < -0.3 is 15.7 Å². The molecule has 0 bridgehead atoms. The van der Waals surface area contributed by atoms with Gasteiger partial charge >= 0.3 is 0 Å². The Morgan fingerprint density at radius 1 is 1.20 bits per heavy atom. The molecule has 1 aliphatic heterocycles. The molecule has 5 heteroatoms. The number of carbonyl (C=O) groups excluding carboxylic acids is 2. The number of fused-ring (bicyclic) bond motifs is 1. The Labute approximate surface area is 117 Å². The number of aliphatic hydroxyl groups is 1. The lowest BCUT2D eigenvalue weighted by molar-refractivity contribution is -0.123. The fraction of sp³-hybridized carbons (Fsp3) is 0.467. The van der Waals surface area contributed by atoms with E-state index in [1.807, 2.05) is 0 Å². The Morgan fingerprint density at radius 3 is 2.40 bits per heavy atom. The molecule has 20 heavy (non-hydrogen) atoms. The van der Waals surface area contributed by atoms with E-state index in [0.29, 0.717) is 11.4 Å². The molecule has 1 fully saturated rings. The predicted octanol–water partition coefficient (Wildman–Crippen LogP) is 2.05. The Hall–Kier alpha value is -1.88. The topological polar surface area (TPSA) is 78.4 Å². The van der Waals surface area contributed by atoms with Crippen LogP contribution < -0.4 is 10.6 Å². The molecule has 0 spiro atoms. The molecule has 1 aromatic rings. The molecule has 1 aromatic carbocycles. The van der Waals surface area contributed by atoms with Crippen molar-refractivity contribution >= 4 is 23.2 Å². The summed E-state index contributed by atoms with van der Waals surface area (Å²) in [5.74, 6) is -0.408. The highest BCUT2D eigenvalue weighted by Gasteiger charge is 2.50. The molecular formula is C15H18N2O3. The summed E-state index contributed by atoms with van der Waals surface area (Å²) in [6.45, 7) is 4.26. The van der Waals surface area contributed by atoms with E-state index in [2.05, 4.69) is 24.5 Å². The average Bonchev–Trinajstić information content (AvgIpc) is 3.01. The molecule has 2 aliphatic rings. The van der Waals surface area contributed by atoms with E-state index in [-0.39, 0.29) is 29.6 Å². The zero-order valence-electron chi connectivity index (χ0n) is 11.6. The number of anilines is 2. The van der Waals surface area contributed by atoms with E-state index in [9.17, 15) is 14.7 Å². The van der Waals surface area contributed by atoms with Crippen molar-refractivity contribution < 1.29 is 14.7 Å². The summed E-state index contributed by atoms with van der Waals surface area (Å²) in [6.07, 6.45) is 0.280. The first kappa shape index (κ1) is 13.1. The Bertz CT molecular complexity index is 595. The second-order valence-corrected chi connectivity index (χ2v) is 6.32. The van der Waals surface area contributed by atoms with Crippen molar-refractivity contribution in [1.82, 2.24) is 0 Å². The summed E-state index contributed by atoms with van der Waals surface area (Å²) < 4.78 is 0. The molecule has 106 valence electrons. The third-order valence-corrected chi connectivity index (χ3v) is 4.23. The van der Waals surface area contributed by atoms with Gasteiger partial charge in [0.25, 0.3) is 0 Å². The van der Waals surface area contributed by atoms with E-state index in [0.717, 1.165) is 12.0 Å². The number of rotatable bonds is 2. The van der Waals surface area contributed by atoms with Crippen LogP contribution in [0.4, 0.5) is 11.4 Å². The van der Waals surface area contributed by atoms with Crippen LogP contribution in [0.25, 0.3) is 0 Å². The fourth-order valence-electron chi connectivity index (χ4n) is 2.77. The van der Waals surface area contributed by atoms with Crippen molar-refractivity contribution in [2.75, 3.05) is 10.6 Å². The van der Waals surface area contributed by atoms with E-state index in [1.165, 1.54) is 0 Å². The number of hydrogen-bond acceptors (Lipinski definition) is 3. The van der Waals surface area contributed by atoms with Gasteiger partial charge in [-0.1, -0.05) is 19.9 Å². The van der Waals surface area contributed by atoms with Crippen LogP contribution in [0.2, 0.25) is 0 Å². The van der Waals surface area contributed by atoms with Crippen LogP contribution in [0.15, 0.2) is 18.2 Å². The summed E-state index contributed by atoms with van der Waals surface area (Å²) in [5.41, 5.74) is 2.07. The zero-order valence-corrected chi connectivity index (χ0v) is 11.6. The van der Waals surface area contributed by atoms with Gasteiger partial charge in [-0.15, -0.1) is 0 Å². The van der Waals surface area contributed by atoms with E-state index >= 15 is 0 Å². The molecule has 5 nitrogen and oxygen atoms in total. The van der Waals surface area contributed by atoms with Crippen LogP contribution in [-0.4, -0.2) is 16.9 Å². The molecule has 3 rings (SSSR count). The standard InChI is InChI=1S/C15H18N2O3/c1-15(2)7-9(15)14(20)8-3-4-10-11(5-8)17-13(19)6-12(18)16-10/h3-5,9,14,20H,6-7H2,1-2H3,(H,16,18)(H,17,19). The maximum Gasteiger partial charge on any atom is 0.233 e. The second-order valence-electron chi connectivity index (χ2n) is 6.32. The van der Waals surface area contributed by atoms with Gasteiger partial charge in [-0.2, -0.15) is 0 Å². The lowest BCUT2D eigenvalue weighted by Crippen LogP contribution is -2.16. The lowest BCUT2D eigenvalue weighted by atomic mass is 9.99. The molecule has 2 atom stereocenters. The molecule has 2 unspecified atom stereocenters. The highest BCUT2D eigenvalue weighted by molar-refractivity contribution is 6.13. The van der Waals surface area contributed by atoms with Gasteiger partial charge in [0.05, 0.1) is 17.5 Å². The second kappa shape index (κ2) is 4.31. The summed E-state index contributed by atoms with van der Waals surface area (Å²) in [7, 11) is 0. The smallest absolute Gasteiger partial charge is 0.233 e. The Morgan fingerprint density at radius 2 is 1.80 bits per heavy atom. The van der Waals surface area contributed by atoms with E-state index < -0.39 is 6.10 Å². The number of aliphatic hydroxyl groups excluding tert-OH is 1. The first-order valence-corrected chi connectivity index (χ1v) is 6.78. The Kier molecular flexibility index (Phi) is 2.83. The van der Waals surface area contributed by atoms with Gasteiger partial charge in [-0.05, 0) is 35.4 Å². The van der Waals surface area contributed by atoms with Crippen LogP contribution in [-0.2, 0) is 9.59 Å². The number of hydrogen-bond donors (Lipinski definition) is 3. The first-order chi connectivity index (χ1) is 9.37. The van der Waals surface area contributed by atoms with Gasteiger partial charge in [0, 0.05) is 0 Å². The first-order valence-electron chi connectivity index (χ1n) is 6.78. The molecular weight excluding hydrogens is 256 g/mol. The average molecular weight is 274 g/mol. The summed E-state index contributed by atoms with van der Waals surface area (Å²) in [6, 6.07) is 5.28. The SMILES string of the molecule is CC1(C)CC1C(O)c1ccc2c(c1)NC(=O)CC(=O)N2. The maximum absolute atomic E-state index is 11.6. The molecule has 3 N–H and O–H groups in total.